The zero-order valence-electron chi connectivity index (χ0n) is 12.5. The van der Waals surface area contributed by atoms with Gasteiger partial charge in [0.25, 0.3) is 0 Å². The first-order chi connectivity index (χ1) is 9.30. The Morgan fingerprint density at radius 1 is 1.30 bits per heavy atom. The highest BCUT2D eigenvalue weighted by Gasteiger charge is 2.39. The van der Waals surface area contributed by atoms with Gasteiger partial charge >= 0.3 is 5.97 Å². The Balaban J connectivity index is 2.38. The van der Waals surface area contributed by atoms with Crippen molar-refractivity contribution in [3.05, 3.63) is 12.2 Å². The van der Waals surface area contributed by atoms with Crippen molar-refractivity contribution in [2.24, 2.45) is 0 Å². The Morgan fingerprint density at radius 3 is 2.60 bits per heavy atom. The van der Waals surface area contributed by atoms with Gasteiger partial charge in [-0.3, -0.25) is 0 Å². The van der Waals surface area contributed by atoms with Gasteiger partial charge in [0.15, 0.2) is 5.79 Å². The molecule has 1 heterocycles. The second-order valence-electron chi connectivity index (χ2n) is 5.82. The summed E-state index contributed by atoms with van der Waals surface area (Å²) in [5.74, 6) is -1.65. The van der Waals surface area contributed by atoms with E-state index in [-0.39, 0.29) is 18.3 Å². The largest absolute Gasteiger partial charge is 0.478 e. The number of unbranched alkanes of at least 4 members (excludes halogenated alkanes) is 2. The molecule has 0 spiro atoms. The van der Waals surface area contributed by atoms with Crippen LogP contribution in [0, 0.1) is 0 Å². The molecule has 2 N–H and O–H groups in total. The number of hydrogen-bond acceptors (Lipinski definition) is 4. The topological polar surface area (TPSA) is 76.0 Å². The van der Waals surface area contributed by atoms with E-state index in [0.717, 1.165) is 38.2 Å². The van der Waals surface area contributed by atoms with E-state index in [1.165, 1.54) is 0 Å². The quantitative estimate of drug-likeness (QED) is 0.529. The first kappa shape index (κ1) is 17.1. The zero-order valence-corrected chi connectivity index (χ0v) is 12.5. The average molecular weight is 286 g/mol. The third kappa shape index (κ3) is 6.50. The van der Waals surface area contributed by atoms with Gasteiger partial charge in [-0.2, -0.15) is 0 Å². The number of aliphatic hydroxyl groups excluding tert-OH is 1. The SMILES string of the molecule is C[C@H](O)CCCCC[C@@H]1OC(C)(C)O[C@H]1/C=C/C(=O)O. The predicted octanol–water partition coefficient (Wildman–Crippen LogP) is 2.48. The van der Waals surface area contributed by atoms with Gasteiger partial charge in [0.05, 0.1) is 12.2 Å². The van der Waals surface area contributed by atoms with E-state index in [0.29, 0.717) is 0 Å². The van der Waals surface area contributed by atoms with E-state index < -0.39 is 11.8 Å². The highest BCUT2D eigenvalue weighted by atomic mass is 16.7. The van der Waals surface area contributed by atoms with Gasteiger partial charge in [-0.15, -0.1) is 0 Å². The lowest BCUT2D eigenvalue weighted by molar-refractivity contribution is -0.143. The summed E-state index contributed by atoms with van der Waals surface area (Å²) in [6.07, 6.45) is 6.65. The number of ether oxygens (including phenoxy) is 2. The number of hydrogen-bond donors (Lipinski definition) is 2. The predicted molar refractivity (Wildman–Crippen MR) is 75.4 cm³/mol. The smallest absolute Gasteiger partial charge is 0.328 e. The molecule has 0 radical (unpaired) electrons. The van der Waals surface area contributed by atoms with Crippen molar-refractivity contribution in [2.45, 2.75) is 77.0 Å². The van der Waals surface area contributed by atoms with E-state index in [2.05, 4.69) is 0 Å². The van der Waals surface area contributed by atoms with Crippen LogP contribution in [-0.2, 0) is 14.3 Å². The monoisotopic (exact) mass is 286 g/mol. The third-order valence-corrected chi connectivity index (χ3v) is 3.26. The normalized spacial score (nSPS) is 27.0. The molecule has 5 nitrogen and oxygen atoms in total. The zero-order chi connectivity index (χ0) is 15.2. The number of aliphatic hydroxyl groups is 1. The fraction of sp³-hybridized carbons (Fsp3) is 0.800. The molecular formula is C15H26O5. The Bertz CT molecular complexity index is 335. The maximum absolute atomic E-state index is 10.6. The van der Waals surface area contributed by atoms with Gasteiger partial charge in [0.2, 0.25) is 0 Å². The van der Waals surface area contributed by atoms with Crippen LogP contribution in [0.15, 0.2) is 12.2 Å². The van der Waals surface area contributed by atoms with Gasteiger partial charge in [-0.25, -0.2) is 4.79 Å². The lowest BCUT2D eigenvalue weighted by atomic mass is 10.0. The third-order valence-electron chi connectivity index (χ3n) is 3.26. The Hall–Kier alpha value is -0.910. The van der Waals surface area contributed by atoms with Crippen LogP contribution in [0.25, 0.3) is 0 Å². The van der Waals surface area contributed by atoms with Crippen LogP contribution in [0.3, 0.4) is 0 Å². The van der Waals surface area contributed by atoms with Gasteiger partial charge in [0, 0.05) is 6.08 Å². The molecule has 0 bridgehead atoms. The highest BCUT2D eigenvalue weighted by molar-refractivity contribution is 5.79. The first-order valence-corrected chi connectivity index (χ1v) is 7.25. The lowest BCUT2D eigenvalue weighted by Crippen LogP contribution is -2.21. The van der Waals surface area contributed by atoms with Crippen LogP contribution in [-0.4, -0.2) is 40.3 Å². The van der Waals surface area contributed by atoms with E-state index >= 15 is 0 Å². The van der Waals surface area contributed by atoms with Crippen LogP contribution in [0.4, 0.5) is 0 Å². The Kier molecular flexibility index (Phi) is 6.65. The summed E-state index contributed by atoms with van der Waals surface area (Å²) in [7, 11) is 0. The van der Waals surface area contributed by atoms with E-state index in [1.807, 2.05) is 13.8 Å². The van der Waals surface area contributed by atoms with E-state index in [4.69, 9.17) is 14.6 Å². The van der Waals surface area contributed by atoms with Crippen molar-refractivity contribution in [3.8, 4) is 0 Å². The minimum Gasteiger partial charge on any atom is -0.478 e. The molecule has 0 aromatic rings. The minimum absolute atomic E-state index is 0.104. The molecule has 20 heavy (non-hydrogen) atoms. The van der Waals surface area contributed by atoms with Gasteiger partial charge in [-0.1, -0.05) is 19.3 Å². The standard InChI is InChI=1S/C15H26O5/c1-11(16)7-5-4-6-8-12-13(9-10-14(17)18)20-15(2,3)19-12/h9-13,16H,4-8H2,1-3H3,(H,17,18)/b10-9+/t11-,12-,13-/m0/s1. The number of carbonyl (C=O) groups is 1. The molecule has 0 unspecified atom stereocenters. The van der Waals surface area contributed by atoms with Crippen LogP contribution in [0.1, 0.15) is 52.9 Å². The molecule has 0 aliphatic carbocycles. The second-order valence-corrected chi connectivity index (χ2v) is 5.82. The van der Waals surface area contributed by atoms with E-state index in [1.54, 1.807) is 13.0 Å². The molecule has 116 valence electrons. The molecule has 0 saturated carbocycles. The molecule has 1 rings (SSSR count). The molecule has 0 amide bonds. The van der Waals surface area contributed by atoms with Gasteiger partial charge in [0.1, 0.15) is 6.10 Å². The van der Waals surface area contributed by atoms with Crippen LogP contribution in [0.2, 0.25) is 0 Å². The summed E-state index contributed by atoms with van der Waals surface area (Å²) in [5.41, 5.74) is 0. The van der Waals surface area contributed by atoms with E-state index in [9.17, 15) is 9.90 Å². The van der Waals surface area contributed by atoms with Gasteiger partial charge in [-0.05, 0) is 39.7 Å². The summed E-state index contributed by atoms with van der Waals surface area (Å²) in [4.78, 5) is 10.6. The fourth-order valence-corrected chi connectivity index (χ4v) is 2.39. The van der Waals surface area contributed by atoms with Crippen molar-refractivity contribution in [1.29, 1.82) is 0 Å². The van der Waals surface area contributed by atoms with Crippen molar-refractivity contribution < 1.29 is 24.5 Å². The van der Waals surface area contributed by atoms with Crippen molar-refractivity contribution in [1.82, 2.24) is 0 Å². The summed E-state index contributed by atoms with van der Waals surface area (Å²) in [5, 5.41) is 17.9. The molecule has 1 aliphatic heterocycles. The van der Waals surface area contributed by atoms with Crippen LogP contribution >= 0.6 is 0 Å². The molecule has 3 atom stereocenters. The summed E-state index contributed by atoms with van der Waals surface area (Å²) < 4.78 is 11.5. The molecule has 0 aromatic heterocycles. The first-order valence-electron chi connectivity index (χ1n) is 7.25. The Morgan fingerprint density at radius 2 is 2.00 bits per heavy atom. The second kappa shape index (κ2) is 7.76. The van der Waals surface area contributed by atoms with Crippen molar-refractivity contribution >= 4 is 5.97 Å². The maximum atomic E-state index is 10.6. The number of aliphatic carboxylic acids is 1. The number of carboxylic acids is 1. The van der Waals surface area contributed by atoms with Gasteiger partial charge < -0.3 is 19.7 Å². The fourth-order valence-electron chi connectivity index (χ4n) is 2.39. The maximum Gasteiger partial charge on any atom is 0.328 e. The summed E-state index contributed by atoms with van der Waals surface area (Å²) >= 11 is 0. The van der Waals surface area contributed by atoms with Crippen molar-refractivity contribution in [2.75, 3.05) is 0 Å². The summed E-state index contributed by atoms with van der Waals surface area (Å²) in [6, 6.07) is 0. The Labute approximate surface area is 120 Å². The molecular weight excluding hydrogens is 260 g/mol. The molecule has 1 fully saturated rings. The average Bonchev–Trinajstić information content (AvgIpc) is 2.60. The summed E-state index contributed by atoms with van der Waals surface area (Å²) in [6.45, 7) is 5.47. The highest BCUT2D eigenvalue weighted by Crippen LogP contribution is 2.31. The van der Waals surface area contributed by atoms with Crippen LogP contribution < -0.4 is 0 Å². The van der Waals surface area contributed by atoms with Crippen molar-refractivity contribution in [3.63, 3.8) is 0 Å². The molecule has 1 saturated heterocycles. The van der Waals surface area contributed by atoms with Crippen LogP contribution in [0.5, 0.6) is 0 Å². The molecule has 0 aromatic carbocycles. The molecule has 5 heteroatoms. The lowest BCUT2D eigenvalue weighted by Gasteiger charge is -2.16. The minimum atomic E-state index is -0.978. The molecule has 1 aliphatic rings. The number of rotatable bonds is 8. The number of carboxylic acid groups (broad SMARTS) is 1.